The van der Waals surface area contributed by atoms with Crippen molar-refractivity contribution < 1.29 is 28.2 Å². The molecule has 0 spiro atoms. The lowest BCUT2D eigenvalue weighted by Gasteiger charge is -2.31. The van der Waals surface area contributed by atoms with Gasteiger partial charge in [0.2, 0.25) is 11.7 Å². The fraction of sp³-hybridized carbons (Fsp3) is 0.212. The number of benzene rings is 4. The third-order valence-electron chi connectivity index (χ3n) is 7.16. The number of carbonyl (C=O) groups is 2. The molecular weight excluding hydrogens is 555 g/mol. The van der Waals surface area contributed by atoms with Crippen LogP contribution >= 0.6 is 11.8 Å². The molecule has 9 heteroatoms. The maximum atomic E-state index is 14.3. The molecule has 1 saturated heterocycles. The third-order valence-corrected chi connectivity index (χ3v) is 8.48. The predicted molar refractivity (Wildman–Crippen MR) is 161 cm³/mol. The van der Waals surface area contributed by atoms with Crippen molar-refractivity contribution in [1.29, 1.82) is 0 Å². The van der Waals surface area contributed by atoms with Crippen LogP contribution in [0.5, 0.6) is 17.2 Å². The van der Waals surface area contributed by atoms with Gasteiger partial charge in [0, 0.05) is 11.3 Å². The Morgan fingerprint density at radius 3 is 1.88 bits per heavy atom. The minimum atomic E-state index is -0.813. The number of hydrogen-bond donors (Lipinski definition) is 1. The number of nitrogens with one attached hydrogen (secondary N) is 1. The molecule has 0 saturated carbocycles. The second-order valence-electron chi connectivity index (χ2n) is 9.64. The monoisotopic (exact) mass is 586 g/mol. The Kier molecular flexibility index (Phi) is 8.97. The topological polar surface area (TPSA) is 77.1 Å². The van der Waals surface area contributed by atoms with E-state index in [0.717, 1.165) is 11.1 Å². The number of carbonyl (C=O) groups excluding carboxylic acids is 2. The first-order valence-electron chi connectivity index (χ1n) is 13.3. The Bertz CT molecular complexity index is 1470. The number of halogens is 1. The molecule has 42 heavy (non-hydrogen) atoms. The minimum Gasteiger partial charge on any atom is -0.493 e. The molecule has 1 aliphatic rings. The summed E-state index contributed by atoms with van der Waals surface area (Å²) in [5.74, 6) is 0.257. The van der Waals surface area contributed by atoms with Crippen LogP contribution in [0, 0.1) is 5.82 Å². The van der Waals surface area contributed by atoms with E-state index in [1.54, 1.807) is 29.2 Å². The summed E-state index contributed by atoms with van der Waals surface area (Å²) in [6.07, 6.45) is 0. The van der Waals surface area contributed by atoms with Gasteiger partial charge in [-0.2, -0.15) is 0 Å². The maximum absolute atomic E-state index is 14.3. The van der Waals surface area contributed by atoms with E-state index in [2.05, 4.69) is 5.32 Å². The third kappa shape index (κ3) is 5.92. The molecule has 4 aromatic carbocycles. The minimum absolute atomic E-state index is 0.264. The maximum Gasteiger partial charge on any atom is 0.256 e. The molecule has 1 heterocycles. The van der Waals surface area contributed by atoms with Crippen molar-refractivity contribution in [2.24, 2.45) is 0 Å². The van der Waals surface area contributed by atoms with E-state index in [-0.39, 0.29) is 17.3 Å². The number of ether oxygens (including phenoxy) is 3. The summed E-state index contributed by atoms with van der Waals surface area (Å²) in [5.41, 5.74) is 2.81. The van der Waals surface area contributed by atoms with Gasteiger partial charge in [-0.15, -0.1) is 11.8 Å². The van der Waals surface area contributed by atoms with E-state index >= 15 is 0 Å². The van der Waals surface area contributed by atoms with Crippen molar-refractivity contribution >= 4 is 23.6 Å². The summed E-state index contributed by atoms with van der Waals surface area (Å²) >= 11 is 1.45. The average molecular weight is 587 g/mol. The van der Waals surface area contributed by atoms with Gasteiger partial charge >= 0.3 is 0 Å². The molecule has 0 aliphatic carbocycles. The molecule has 2 unspecified atom stereocenters. The standard InChI is InChI=1S/C33H31FN2O5S/c1-39-27-18-24(19-28(40-2)30(27)41-3)32(38)36-26(20-42-33(36)23-14-16-25(34)17-15-23)31(37)35-29(21-10-6-4-7-11-21)22-12-8-5-9-13-22/h4-19,26,29,33H,20H2,1-3H3,(H,35,37). The van der Waals surface area contributed by atoms with E-state index in [1.807, 2.05) is 60.7 Å². The molecule has 5 rings (SSSR count). The highest BCUT2D eigenvalue weighted by molar-refractivity contribution is 7.99. The van der Waals surface area contributed by atoms with Gasteiger partial charge in [-0.3, -0.25) is 9.59 Å². The SMILES string of the molecule is COc1cc(C(=O)N2C(C(=O)NC(c3ccccc3)c3ccccc3)CSC2c2ccc(F)cc2)cc(OC)c1OC. The Morgan fingerprint density at radius 1 is 0.833 bits per heavy atom. The van der Waals surface area contributed by atoms with Gasteiger partial charge in [0.05, 0.1) is 27.4 Å². The van der Waals surface area contributed by atoms with Crippen molar-refractivity contribution in [3.63, 3.8) is 0 Å². The molecule has 0 radical (unpaired) electrons. The summed E-state index contributed by atoms with van der Waals surface area (Å²) in [6.45, 7) is 0. The van der Waals surface area contributed by atoms with Crippen LogP contribution in [0.1, 0.15) is 38.5 Å². The van der Waals surface area contributed by atoms with Crippen molar-refractivity contribution in [3.8, 4) is 17.2 Å². The smallest absolute Gasteiger partial charge is 0.256 e. The second kappa shape index (κ2) is 13.0. The normalized spacial score (nSPS) is 16.3. The van der Waals surface area contributed by atoms with Crippen LogP contribution in [-0.4, -0.2) is 49.8 Å². The second-order valence-corrected chi connectivity index (χ2v) is 10.8. The van der Waals surface area contributed by atoms with Crippen molar-refractivity contribution in [2.75, 3.05) is 27.1 Å². The van der Waals surface area contributed by atoms with Crippen LogP contribution in [0.2, 0.25) is 0 Å². The highest BCUT2D eigenvalue weighted by Crippen LogP contribution is 2.44. The molecule has 0 bridgehead atoms. The van der Waals surface area contributed by atoms with Gasteiger partial charge < -0.3 is 24.4 Å². The average Bonchev–Trinajstić information content (AvgIpc) is 3.49. The summed E-state index contributed by atoms with van der Waals surface area (Å²) in [5, 5.41) is 2.67. The van der Waals surface area contributed by atoms with E-state index < -0.39 is 23.4 Å². The summed E-state index contributed by atoms with van der Waals surface area (Å²) in [6, 6.07) is 27.3. The first-order chi connectivity index (χ1) is 20.4. The van der Waals surface area contributed by atoms with Crippen molar-refractivity contribution in [2.45, 2.75) is 17.5 Å². The number of methoxy groups -OCH3 is 3. The van der Waals surface area contributed by atoms with Crippen LogP contribution in [0.25, 0.3) is 0 Å². The first-order valence-corrected chi connectivity index (χ1v) is 14.4. The first kappa shape index (κ1) is 29.0. The molecule has 2 amide bonds. The molecule has 4 aromatic rings. The lowest BCUT2D eigenvalue weighted by molar-refractivity contribution is -0.125. The Morgan fingerprint density at radius 2 is 1.38 bits per heavy atom. The predicted octanol–water partition coefficient (Wildman–Crippen LogP) is 6.01. The largest absolute Gasteiger partial charge is 0.493 e. The van der Waals surface area contributed by atoms with Gasteiger partial charge in [0.25, 0.3) is 5.91 Å². The van der Waals surface area contributed by atoms with Crippen molar-refractivity contribution in [3.05, 3.63) is 125 Å². The van der Waals surface area contributed by atoms with Gasteiger partial charge in [-0.05, 0) is 41.0 Å². The fourth-order valence-corrected chi connectivity index (χ4v) is 6.51. The van der Waals surface area contributed by atoms with Gasteiger partial charge in [-0.1, -0.05) is 72.8 Å². The highest BCUT2D eigenvalue weighted by Gasteiger charge is 2.43. The lowest BCUT2D eigenvalue weighted by atomic mass is 9.98. The van der Waals surface area contributed by atoms with Crippen LogP contribution < -0.4 is 19.5 Å². The lowest BCUT2D eigenvalue weighted by Crippen LogP contribution is -2.49. The summed E-state index contributed by atoms with van der Waals surface area (Å²) in [7, 11) is 4.43. The van der Waals surface area contributed by atoms with E-state index in [0.29, 0.717) is 28.6 Å². The van der Waals surface area contributed by atoms with Gasteiger partial charge in [0.1, 0.15) is 17.2 Å². The number of hydrogen-bond acceptors (Lipinski definition) is 6. The number of thioether (sulfide) groups is 1. The summed E-state index contributed by atoms with van der Waals surface area (Å²) in [4.78, 5) is 29.9. The molecular formula is C33H31FN2O5S. The number of amides is 2. The van der Waals surface area contributed by atoms with E-state index in [4.69, 9.17) is 14.2 Å². The molecule has 1 fully saturated rings. The molecule has 2 atom stereocenters. The van der Waals surface area contributed by atoms with Gasteiger partial charge in [-0.25, -0.2) is 4.39 Å². The molecule has 216 valence electrons. The van der Waals surface area contributed by atoms with Crippen LogP contribution in [0.4, 0.5) is 4.39 Å². The van der Waals surface area contributed by atoms with Crippen molar-refractivity contribution in [1.82, 2.24) is 10.2 Å². The van der Waals surface area contributed by atoms with Gasteiger partial charge in [0.15, 0.2) is 11.5 Å². The van der Waals surface area contributed by atoms with E-state index in [1.165, 1.54) is 45.2 Å². The summed E-state index contributed by atoms with van der Waals surface area (Å²) < 4.78 is 30.2. The Hall–Kier alpha value is -4.50. The zero-order valence-electron chi connectivity index (χ0n) is 23.5. The van der Waals surface area contributed by atoms with Crippen LogP contribution in [0.3, 0.4) is 0 Å². The van der Waals surface area contributed by atoms with E-state index in [9.17, 15) is 14.0 Å². The molecule has 1 N–H and O–H groups in total. The Labute approximate surface area is 248 Å². The fourth-order valence-electron chi connectivity index (χ4n) is 5.08. The molecule has 1 aliphatic heterocycles. The Balaban J connectivity index is 1.53. The number of nitrogens with zero attached hydrogens (tertiary/aromatic N) is 1. The zero-order valence-corrected chi connectivity index (χ0v) is 24.3. The quantitative estimate of drug-likeness (QED) is 0.259. The molecule has 7 nitrogen and oxygen atoms in total. The molecule has 0 aromatic heterocycles. The zero-order chi connectivity index (χ0) is 29.6. The highest BCUT2D eigenvalue weighted by atomic mass is 32.2. The van der Waals surface area contributed by atoms with Crippen LogP contribution in [-0.2, 0) is 4.79 Å². The van der Waals surface area contributed by atoms with Crippen LogP contribution in [0.15, 0.2) is 97.1 Å². The number of rotatable bonds is 9.